The van der Waals surface area contributed by atoms with E-state index in [0.29, 0.717) is 6.04 Å². The van der Waals surface area contributed by atoms with E-state index in [1.165, 1.54) is 11.3 Å². The highest BCUT2D eigenvalue weighted by Crippen LogP contribution is 2.40. The van der Waals surface area contributed by atoms with Crippen LogP contribution in [0.25, 0.3) is 5.65 Å². The first-order valence-corrected chi connectivity index (χ1v) is 10.4. The Morgan fingerprint density at radius 2 is 1.80 bits per heavy atom. The van der Waals surface area contributed by atoms with Gasteiger partial charge >= 0.3 is 0 Å². The van der Waals surface area contributed by atoms with Gasteiger partial charge in [0, 0.05) is 24.8 Å². The zero-order chi connectivity index (χ0) is 20.5. The number of hydrogen-bond donors (Lipinski definition) is 0. The van der Waals surface area contributed by atoms with Gasteiger partial charge in [0.1, 0.15) is 11.4 Å². The maximum Gasteiger partial charge on any atom is 0.205 e. The Morgan fingerprint density at radius 1 is 0.967 bits per heavy atom. The molecule has 5 heterocycles. The second-order valence-corrected chi connectivity index (χ2v) is 7.88. The van der Waals surface area contributed by atoms with Gasteiger partial charge in [0.15, 0.2) is 0 Å². The van der Waals surface area contributed by atoms with Crippen molar-refractivity contribution < 1.29 is 4.74 Å². The van der Waals surface area contributed by atoms with Crippen molar-refractivity contribution in [3.8, 4) is 11.6 Å². The molecule has 0 amide bonds. The molecule has 0 radical (unpaired) electrons. The first-order chi connectivity index (χ1) is 14.7. The summed E-state index contributed by atoms with van der Waals surface area (Å²) in [7, 11) is 2.20. The Morgan fingerprint density at radius 3 is 2.63 bits per heavy atom. The maximum atomic E-state index is 6.08. The van der Waals surface area contributed by atoms with Gasteiger partial charge in [0.05, 0.1) is 23.5 Å². The standard InChI is InChI=1S/C24H25N5O/c1-17-6-5-13-26-24(17)21-8-3-7-20(28(21)2)19-16-29-22(27-19)9-4-10-23(29)30-18-11-14-25-15-12-18/h4-6,9-16,20-21H,3,7-8H2,1-2H3/t20-,21+/m1/s1. The van der Waals surface area contributed by atoms with Crippen LogP contribution in [0.5, 0.6) is 11.6 Å². The molecular weight excluding hydrogens is 374 g/mol. The minimum Gasteiger partial charge on any atom is -0.440 e. The number of ether oxygens (including phenoxy) is 1. The van der Waals surface area contributed by atoms with Gasteiger partial charge in [-0.3, -0.25) is 19.3 Å². The smallest absolute Gasteiger partial charge is 0.205 e. The van der Waals surface area contributed by atoms with Gasteiger partial charge in [-0.25, -0.2) is 4.98 Å². The Labute approximate surface area is 176 Å². The molecule has 0 saturated carbocycles. The van der Waals surface area contributed by atoms with Gasteiger partial charge in [-0.2, -0.15) is 0 Å². The molecule has 0 N–H and O–H groups in total. The molecule has 4 aromatic heterocycles. The molecule has 4 aromatic rings. The lowest BCUT2D eigenvalue weighted by Gasteiger charge is -2.39. The van der Waals surface area contributed by atoms with Crippen LogP contribution in [0.3, 0.4) is 0 Å². The molecule has 152 valence electrons. The zero-order valence-corrected chi connectivity index (χ0v) is 17.3. The summed E-state index contributed by atoms with van der Waals surface area (Å²) in [6, 6.07) is 14.4. The van der Waals surface area contributed by atoms with E-state index < -0.39 is 0 Å². The summed E-state index contributed by atoms with van der Waals surface area (Å²) in [5.74, 6) is 1.50. The molecule has 6 nitrogen and oxygen atoms in total. The van der Waals surface area contributed by atoms with Gasteiger partial charge in [0.25, 0.3) is 0 Å². The van der Waals surface area contributed by atoms with Crippen molar-refractivity contribution in [3.05, 3.63) is 84.2 Å². The molecule has 1 saturated heterocycles. The molecule has 0 aliphatic carbocycles. The summed E-state index contributed by atoms with van der Waals surface area (Å²) in [6.45, 7) is 2.15. The van der Waals surface area contributed by atoms with Crippen LogP contribution in [0, 0.1) is 6.92 Å². The molecule has 1 fully saturated rings. The molecule has 1 aliphatic heterocycles. The number of pyridine rings is 3. The quantitative estimate of drug-likeness (QED) is 0.477. The number of rotatable bonds is 4. The molecule has 0 spiro atoms. The number of hydrogen-bond acceptors (Lipinski definition) is 5. The first-order valence-electron chi connectivity index (χ1n) is 10.4. The number of imidazole rings is 1. The van der Waals surface area contributed by atoms with E-state index >= 15 is 0 Å². The molecular formula is C24H25N5O. The molecule has 0 bridgehead atoms. The number of piperidine rings is 1. The number of fused-ring (bicyclic) bond motifs is 1. The highest BCUT2D eigenvalue weighted by Gasteiger charge is 2.32. The SMILES string of the molecule is Cc1cccnc1[C@@H]1CCC[C@H](c2cn3c(Oc4ccncc4)cccc3n2)N1C. The lowest BCUT2D eigenvalue weighted by Crippen LogP contribution is -2.34. The molecule has 2 atom stereocenters. The minimum atomic E-state index is 0.249. The third-order valence-electron chi connectivity index (χ3n) is 5.99. The zero-order valence-electron chi connectivity index (χ0n) is 17.3. The molecule has 6 heteroatoms. The van der Waals surface area contributed by atoms with Crippen LogP contribution in [-0.4, -0.2) is 31.3 Å². The fourth-order valence-electron chi connectivity index (χ4n) is 4.44. The molecule has 1 aliphatic rings. The normalized spacial score (nSPS) is 19.8. The number of aryl methyl sites for hydroxylation is 1. The Hall–Kier alpha value is -3.25. The maximum absolute atomic E-state index is 6.08. The van der Waals surface area contributed by atoms with E-state index in [2.05, 4.69) is 36.1 Å². The second-order valence-electron chi connectivity index (χ2n) is 7.88. The van der Waals surface area contributed by atoms with Crippen molar-refractivity contribution in [3.63, 3.8) is 0 Å². The highest BCUT2D eigenvalue weighted by atomic mass is 16.5. The van der Waals surface area contributed by atoms with Crippen molar-refractivity contribution in [1.29, 1.82) is 0 Å². The van der Waals surface area contributed by atoms with Crippen LogP contribution >= 0.6 is 0 Å². The van der Waals surface area contributed by atoms with Gasteiger partial charge in [-0.15, -0.1) is 0 Å². The van der Waals surface area contributed by atoms with Crippen molar-refractivity contribution in [2.24, 2.45) is 0 Å². The fourth-order valence-corrected chi connectivity index (χ4v) is 4.44. The molecule has 30 heavy (non-hydrogen) atoms. The molecule has 0 aromatic carbocycles. The van der Waals surface area contributed by atoms with Gasteiger partial charge in [-0.05, 0) is 69.1 Å². The lowest BCUT2D eigenvalue weighted by atomic mass is 9.91. The third kappa shape index (κ3) is 3.44. The van der Waals surface area contributed by atoms with E-state index in [4.69, 9.17) is 14.7 Å². The highest BCUT2D eigenvalue weighted by molar-refractivity contribution is 5.45. The summed E-state index contributed by atoms with van der Waals surface area (Å²) in [4.78, 5) is 16.1. The average Bonchev–Trinajstić information content (AvgIpc) is 3.20. The van der Waals surface area contributed by atoms with Crippen LogP contribution < -0.4 is 4.74 Å². The summed E-state index contributed by atoms with van der Waals surface area (Å²) >= 11 is 0. The largest absolute Gasteiger partial charge is 0.440 e. The number of aromatic nitrogens is 4. The van der Waals surface area contributed by atoms with Crippen molar-refractivity contribution in [2.45, 2.75) is 38.3 Å². The summed E-state index contributed by atoms with van der Waals surface area (Å²) in [6.07, 6.45) is 10.8. The van der Waals surface area contributed by atoms with Gasteiger partial charge in [-0.1, -0.05) is 12.1 Å². The minimum absolute atomic E-state index is 0.249. The van der Waals surface area contributed by atoms with Crippen LogP contribution in [0.15, 0.2) is 67.3 Å². The Balaban J connectivity index is 1.47. The summed E-state index contributed by atoms with van der Waals surface area (Å²) in [5, 5.41) is 0. The van der Waals surface area contributed by atoms with Crippen molar-refractivity contribution in [1.82, 2.24) is 24.3 Å². The van der Waals surface area contributed by atoms with E-state index in [-0.39, 0.29) is 6.04 Å². The fraction of sp³-hybridized carbons (Fsp3) is 0.292. The van der Waals surface area contributed by atoms with Crippen LogP contribution in [0.4, 0.5) is 0 Å². The topological polar surface area (TPSA) is 55.6 Å². The van der Waals surface area contributed by atoms with E-state index in [1.807, 2.05) is 47.0 Å². The predicted molar refractivity (Wildman–Crippen MR) is 116 cm³/mol. The van der Waals surface area contributed by atoms with E-state index in [0.717, 1.165) is 42.2 Å². The van der Waals surface area contributed by atoms with E-state index in [9.17, 15) is 0 Å². The number of nitrogens with zero attached hydrogens (tertiary/aromatic N) is 5. The monoisotopic (exact) mass is 399 g/mol. The van der Waals surface area contributed by atoms with Crippen LogP contribution in [0.1, 0.15) is 48.3 Å². The Kier molecular flexibility index (Phi) is 4.93. The van der Waals surface area contributed by atoms with E-state index in [1.54, 1.807) is 12.4 Å². The summed E-state index contributed by atoms with van der Waals surface area (Å²) in [5.41, 5.74) is 4.39. The van der Waals surface area contributed by atoms with Crippen molar-refractivity contribution in [2.75, 3.05) is 7.05 Å². The lowest BCUT2D eigenvalue weighted by molar-refractivity contribution is 0.109. The second kappa shape index (κ2) is 7.88. The average molecular weight is 399 g/mol. The molecule has 0 unspecified atom stereocenters. The molecule has 5 rings (SSSR count). The predicted octanol–water partition coefficient (Wildman–Crippen LogP) is 5.12. The Bertz CT molecular complexity index is 1160. The van der Waals surface area contributed by atoms with Crippen LogP contribution in [-0.2, 0) is 0 Å². The van der Waals surface area contributed by atoms with Crippen molar-refractivity contribution >= 4 is 5.65 Å². The van der Waals surface area contributed by atoms with Gasteiger partial charge < -0.3 is 4.74 Å². The van der Waals surface area contributed by atoms with Crippen LogP contribution in [0.2, 0.25) is 0 Å². The summed E-state index contributed by atoms with van der Waals surface area (Å²) < 4.78 is 8.11. The third-order valence-corrected chi connectivity index (χ3v) is 5.99. The van der Waals surface area contributed by atoms with Gasteiger partial charge in [0.2, 0.25) is 5.88 Å². The first kappa shape index (κ1) is 18.8. The number of likely N-dealkylation sites (tertiary alicyclic amines) is 1.